The third-order valence-corrected chi connectivity index (χ3v) is 2.93. The molecule has 0 saturated heterocycles. The Labute approximate surface area is 116 Å². The molecule has 1 N–H and O–H groups in total. The molecule has 0 spiro atoms. The molecule has 1 aromatic carbocycles. The smallest absolute Gasteiger partial charge is 0.328 e. The number of pyridine rings is 1. The molecule has 0 aliphatic heterocycles. The Kier molecular flexibility index (Phi) is 4.15. The molecule has 4 nitrogen and oxygen atoms in total. The van der Waals surface area contributed by atoms with Crippen molar-refractivity contribution >= 4 is 12.0 Å². The Morgan fingerprint density at radius 3 is 2.85 bits per heavy atom. The maximum absolute atomic E-state index is 11.9. The van der Waals surface area contributed by atoms with Gasteiger partial charge in [0.15, 0.2) is 0 Å². The fraction of sp³-hybridized carbons (Fsp3) is 0.125. The summed E-state index contributed by atoms with van der Waals surface area (Å²) in [6.45, 7) is 2.25. The summed E-state index contributed by atoms with van der Waals surface area (Å²) in [7, 11) is 0. The van der Waals surface area contributed by atoms with Crippen molar-refractivity contribution in [3.05, 3.63) is 75.7 Å². The molecule has 0 fully saturated rings. The van der Waals surface area contributed by atoms with Gasteiger partial charge in [0.1, 0.15) is 0 Å². The van der Waals surface area contributed by atoms with Gasteiger partial charge in [0, 0.05) is 17.8 Å². The second kappa shape index (κ2) is 6.02. The second-order valence-corrected chi connectivity index (χ2v) is 4.54. The molecular weight excluding hydrogens is 254 g/mol. The fourth-order valence-electron chi connectivity index (χ4n) is 1.94. The van der Waals surface area contributed by atoms with Crippen molar-refractivity contribution in [2.75, 3.05) is 0 Å². The Morgan fingerprint density at radius 2 is 2.10 bits per heavy atom. The first kappa shape index (κ1) is 13.8. The monoisotopic (exact) mass is 269 g/mol. The number of rotatable bonds is 4. The SMILES string of the molecule is Cc1cccn(Cc2cccc(C=CC(=O)O)c2)c1=O. The summed E-state index contributed by atoms with van der Waals surface area (Å²) in [6, 6.07) is 11.1. The first-order valence-electron chi connectivity index (χ1n) is 6.22. The predicted octanol–water partition coefficient (Wildman–Crippen LogP) is 2.30. The molecule has 1 heterocycles. The van der Waals surface area contributed by atoms with Gasteiger partial charge in [0.05, 0.1) is 6.54 Å². The number of carbonyl (C=O) groups is 1. The lowest BCUT2D eigenvalue weighted by atomic mass is 10.1. The van der Waals surface area contributed by atoms with E-state index >= 15 is 0 Å². The van der Waals surface area contributed by atoms with Gasteiger partial charge in [-0.05, 0) is 36.3 Å². The Hall–Kier alpha value is -2.62. The van der Waals surface area contributed by atoms with E-state index < -0.39 is 5.97 Å². The van der Waals surface area contributed by atoms with Gasteiger partial charge in [-0.3, -0.25) is 4.79 Å². The Bertz CT molecular complexity index is 714. The highest BCUT2D eigenvalue weighted by Crippen LogP contribution is 2.08. The minimum Gasteiger partial charge on any atom is -0.478 e. The number of carboxylic acid groups (broad SMARTS) is 1. The molecule has 4 heteroatoms. The molecule has 0 aliphatic carbocycles. The largest absolute Gasteiger partial charge is 0.478 e. The number of hydrogen-bond donors (Lipinski definition) is 1. The lowest BCUT2D eigenvalue weighted by molar-refractivity contribution is -0.131. The molecule has 0 amide bonds. The summed E-state index contributed by atoms with van der Waals surface area (Å²) in [5.41, 5.74) is 2.43. The van der Waals surface area contributed by atoms with Crippen LogP contribution >= 0.6 is 0 Å². The summed E-state index contributed by atoms with van der Waals surface area (Å²) >= 11 is 0. The van der Waals surface area contributed by atoms with Gasteiger partial charge in [-0.15, -0.1) is 0 Å². The number of benzene rings is 1. The van der Waals surface area contributed by atoms with Gasteiger partial charge in [-0.2, -0.15) is 0 Å². The molecule has 102 valence electrons. The quantitative estimate of drug-likeness (QED) is 0.866. The molecule has 2 aromatic rings. The van der Waals surface area contributed by atoms with E-state index in [1.165, 1.54) is 6.08 Å². The maximum Gasteiger partial charge on any atom is 0.328 e. The highest BCUT2D eigenvalue weighted by Gasteiger charge is 2.00. The normalized spacial score (nSPS) is 10.8. The van der Waals surface area contributed by atoms with E-state index in [0.29, 0.717) is 12.1 Å². The highest BCUT2D eigenvalue weighted by molar-refractivity contribution is 5.85. The average Bonchev–Trinajstić information content (AvgIpc) is 2.42. The van der Waals surface area contributed by atoms with Crippen LogP contribution < -0.4 is 5.56 Å². The molecule has 0 bridgehead atoms. The maximum atomic E-state index is 11.9. The van der Waals surface area contributed by atoms with E-state index in [9.17, 15) is 9.59 Å². The van der Waals surface area contributed by atoms with Gasteiger partial charge < -0.3 is 9.67 Å². The zero-order valence-corrected chi connectivity index (χ0v) is 11.1. The van der Waals surface area contributed by atoms with Gasteiger partial charge in [-0.25, -0.2) is 4.79 Å². The Balaban J connectivity index is 2.26. The van der Waals surface area contributed by atoms with Crippen molar-refractivity contribution in [3.63, 3.8) is 0 Å². The zero-order valence-electron chi connectivity index (χ0n) is 11.1. The average molecular weight is 269 g/mol. The highest BCUT2D eigenvalue weighted by atomic mass is 16.4. The van der Waals surface area contributed by atoms with Crippen molar-refractivity contribution in [3.8, 4) is 0 Å². The predicted molar refractivity (Wildman–Crippen MR) is 77.7 cm³/mol. The van der Waals surface area contributed by atoms with Crippen LogP contribution in [0, 0.1) is 6.92 Å². The van der Waals surface area contributed by atoms with E-state index in [4.69, 9.17) is 5.11 Å². The summed E-state index contributed by atoms with van der Waals surface area (Å²) in [4.78, 5) is 22.4. The molecular formula is C16H15NO3. The first-order chi connectivity index (χ1) is 9.56. The lowest BCUT2D eigenvalue weighted by Gasteiger charge is -2.07. The van der Waals surface area contributed by atoms with Gasteiger partial charge in [-0.1, -0.05) is 24.3 Å². The first-order valence-corrected chi connectivity index (χ1v) is 6.22. The number of carboxylic acids is 1. The van der Waals surface area contributed by atoms with Crippen molar-refractivity contribution in [1.29, 1.82) is 0 Å². The van der Waals surface area contributed by atoms with Gasteiger partial charge in [0.25, 0.3) is 5.56 Å². The molecule has 1 aromatic heterocycles. The summed E-state index contributed by atoms with van der Waals surface area (Å²) in [5.74, 6) is -0.981. The molecule has 0 atom stereocenters. The van der Waals surface area contributed by atoms with Crippen LogP contribution in [0.3, 0.4) is 0 Å². The van der Waals surface area contributed by atoms with E-state index in [0.717, 1.165) is 17.2 Å². The lowest BCUT2D eigenvalue weighted by Crippen LogP contribution is -2.21. The second-order valence-electron chi connectivity index (χ2n) is 4.54. The van der Waals surface area contributed by atoms with Crippen molar-refractivity contribution in [1.82, 2.24) is 4.57 Å². The summed E-state index contributed by atoms with van der Waals surface area (Å²) in [6.07, 6.45) is 4.37. The minimum absolute atomic E-state index is 0.0148. The number of aliphatic carboxylic acids is 1. The number of aromatic nitrogens is 1. The number of aryl methyl sites for hydroxylation is 1. The zero-order chi connectivity index (χ0) is 14.5. The van der Waals surface area contributed by atoms with E-state index in [1.807, 2.05) is 30.3 Å². The van der Waals surface area contributed by atoms with E-state index in [2.05, 4.69) is 0 Å². The van der Waals surface area contributed by atoms with Crippen LogP contribution in [-0.4, -0.2) is 15.6 Å². The molecule has 20 heavy (non-hydrogen) atoms. The van der Waals surface area contributed by atoms with Crippen LogP contribution in [-0.2, 0) is 11.3 Å². The minimum atomic E-state index is -0.981. The summed E-state index contributed by atoms with van der Waals surface area (Å²) in [5, 5.41) is 8.61. The molecule has 2 rings (SSSR count). The topological polar surface area (TPSA) is 59.3 Å². The number of hydrogen-bond acceptors (Lipinski definition) is 2. The standard InChI is InChI=1S/C16H15NO3/c1-12-4-3-9-17(16(12)20)11-14-6-2-5-13(10-14)7-8-15(18)19/h2-10H,11H2,1H3,(H,18,19). The van der Waals surface area contributed by atoms with Gasteiger partial charge in [0.2, 0.25) is 0 Å². The van der Waals surface area contributed by atoms with Crippen LogP contribution in [0.4, 0.5) is 0 Å². The Morgan fingerprint density at radius 1 is 1.30 bits per heavy atom. The van der Waals surface area contributed by atoms with Gasteiger partial charge >= 0.3 is 5.97 Å². The summed E-state index contributed by atoms with van der Waals surface area (Å²) < 4.78 is 1.63. The van der Waals surface area contributed by atoms with Crippen LogP contribution in [0.25, 0.3) is 6.08 Å². The molecule has 0 unspecified atom stereocenters. The molecule has 0 radical (unpaired) electrons. The van der Waals surface area contributed by atoms with Crippen LogP contribution in [0.1, 0.15) is 16.7 Å². The van der Waals surface area contributed by atoms with Crippen LogP contribution in [0.5, 0.6) is 0 Å². The third-order valence-electron chi connectivity index (χ3n) is 2.93. The van der Waals surface area contributed by atoms with Crippen LogP contribution in [0.15, 0.2) is 53.5 Å². The van der Waals surface area contributed by atoms with Crippen molar-refractivity contribution in [2.24, 2.45) is 0 Å². The van der Waals surface area contributed by atoms with Crippen molar-refractivity contribution < 1.29 is 9.90 Å². The molecule has 0 saturated carbocycles. The number of nitrogens with zero attached hydrogens (tertiary/aromatic N) is 1. The van der Waals surface area contributed by atoms with Crippen molar-refractivity contribution in [2.45, 2.75) is 13.5 Å². The third kappa shape index (κ3) is 3.45. The fourth-order valence-corrected chi connectivity index (χ4v) is 1.94. The molecule has 0 aliphatic rings. The van der Waals surface area contributed by atoms with E-state index in [-0.39, 0.29) is 5.56 Å². The van der Waals surface area contributed by atoms with E-state index in [1.54, 1.807) is 23.8 Å². The van der Waals surface area contributed by atoms with Crippen LogP contribution in [0.2, 0.25) is 0 Å².